The van der Waals surface area contributed by atoms with Gasteiger partial charge in [0.25, 0.3) is 0 Å². The third kappa shape index (κ3) is 15.5. The van der Waals surface area contributed by atoms with Gasteiger partial charge in [-0.3, -0.25) is 4.79 Å². The van der Waals surface area contributed by atoms with Crippen LogP contribution in [0.5, 0.6) is 0 Å². The lowest BCUT2D eigenvalue weighted by molar-refractivity contribution is -0.137. The molecule has 0 amide bonds. The molecule has 0 aromatic heterocycles. The second-order valence-corrected chi connectivity index (χ2v) is 6.36. The first-order valence-corrected chi connectivity index (χ1v) is 8.88. The summed E-state index contributed by atoms with van der Waals surface area (Å²) in [5, 5.41) is 8.53. The van der Waals surface area contributed by atoms with Crippen molar-refractivity contribution >= 4 is 5.97 Å². The highest BCUT2D eigenvalue weighted by Crippen LogP contribution is 2.17. The molecule has 0 fully saturated rings. The highest BCUT2D eigenvalue weighted by atomic mass is 16.4. The van der Waals surface area contributed by atoms with Crippen molar-refractivity contribution in [3.8, 4) is 0 Å². The lowest BCUT2D eigenvalue weighted by Gasteiger charge is -2.10. The van der Waals surface area contributed by atoms with E-state index in [1.807, 2.05) is 0 Å². The number of rotatable bonds is 15. The molecule has 0 rings (SSSR count). The van der Waals surface area contributed by atoms with E-state index in [0.717, 1.165) is 18.8 Å². The quantitative estimate of drug-likeness (QED) is 0.364. The predicted octanol–water partition coefficient (Wildman–Crippen LogP) is 6.19. The summed E-state index contributed by atoms with van der Waals surface area (Å²) in [5.74, 6) is 0.260. The molecule has 0 heterocycles. The van der Waals surface area contributed by atoms with Crippen molar-refractivity contribution in [2.75, 3.05) is 0 Å². The van der Waals surface area contributed by atoms with E-state index in [2.05, 4.69) is 13.8 Å². The molecule has 2 nitrogen and oxygen atoms in total. The second-order valence-electron chi connectivity index (χ2n) is 6.36. The number of hydrogen-bond donors (Lipinski definition) is 1. The van der Waals surface area contributed by atoms with E-state index in [4.69, 9.17) is 5.11 Å². The molecule has 0 saturated carbocycles. The zero-order chi connectivity index (χ0) is 15.1. The van der Waals surface area contributed by atoms with Crippen molar-refractivity contribution in [2.24, 2.45) is 5.92 Å². The van der Waals surface area contributed by atoms with E-state index in [-0.39, 0.29) is 0 Å². The van der Waals surface area contributed by atoms with Gasteiger partial charge in [0.15, 0.2) is 0 Å². The number of carbonyl (C=O) groups is 1. The van der Waals surface area contributed by atoms with Crippen molar-refractivity contribution < 1.29 is 9.90 Å². The van der Waals surface area contributed by atoms with E-state index in [0.29, 0.717) is 6.42 Å². The summed E-state index contributed by atoms with van der Waals surface area (Å²) in [7, 11) is 0. The van der Waals surface area contributed by atoms with Crippen LogP contribution in [0.1, 0.15) is 104 Å². The van der Waals surface area contributed by atoms with E-state index in [1.165, 1.54) is 70.6 Å². The molecule has 0 bridgehead atoms. The number of carboxylic acids is 1. The summed E-state index contributed by atoms with van der Waals surface area (Å²) in [6, 6.07) is 0. The molecule has 0 aliphatic carbocycles. The van der Waals surface area contributed by atoms with Gasteiger partial charge in [0.2, 0.25) is 0 Å². The van der Waals surface area contributed by atoms with Crippen molar-refractivity contribution in [1.29, 1.82) is 0 Å². The summed E-state index contributed by atoms with van der Waals surface area (Å²) in [6.07, 6.45) is 17.2. The monoisotopic (exact) mass is 284 g/mol. The van der Waals surface area contributed by atoms with Crippen LogP contribution in [0.25, 0.3) is 0 Å². The third-order valence-corrected chi connectivity index (χ3v) is 4.14. The largest absolute Gasteiger partial charge is 0.481 e. The number of hydrogen-bond acceptors (Lipinski definition) is 1. The zero-order valence-electron chi connectivity index (χ0n) is 13.8. The molecule has 0 aromatic carbocycles. The van der Waals surface area contributed by atoms with Gasteiger partial charge in [-0.2, -0.15) is 0 Å². The lowest BCUT2D eigenvalue weighted by atomic mass is 9.96. The van der Waals surface area contributed by atoms with Gasteiger partial charge in [-0.25, -0.2) is 0 Å². The normalized spacial score (nSPS) is 12.5. The van der Waals surface area contributed by atoms with E-state index >= 15 is 0 Å². The van der Waals surface area contributed by atoms with Crippen LogP contribution in [0.15, 0.2) is 0 Å². The van der Waals surface area contributed by atoms with Crippen LogP contribution in [-0.4, -0.2) is 11.1 Å². The average molecular weight is 284 g/mol. The van der Waals surface area contributed by atoms with Gasteiger partial charge in [0.1, 0.15) is 0 Å². The Kier molecular flexibility index (Phi) is 14.5. The summed E-state index contributed by atoms with van der Waals surface area (Å²) in [6.45, 7) is 4.67. The average Bonchev–Trinajstić information content (AvgIpc) is 2.41. The van der Waals surface area contributed by atoms with Gasteiger partial charge in [-0.1, -0.05) is 90.9 Å². The first-order chi connectivity index (χ1) is 9.66. The van der Waals surface area contributed by atoms with Crippen LogP contribution in [0.3, 0.4) is 0 Å². The maximum atomic E-state index is 10.3. The molecule has 0 radical (unpaired) electrons. The van der Waals surface area contributed by atoms with Crippen LogP contribution in [0.4, 0.5) is 0 Å². The number of unbranched alkanes of at least 4 members (excludes halogenated alkanes) is 9. The smallest absolute Gasteiger partial charge is 0.303 e. The maximum absolute atomic E-state index is 10.3. The van der Waals surface area contributed by atoms with E-state index in [1.54, 1.807) is 0 Å². The number of aliphatic carboxylic acids is 1. The Morgan fingerprint density at radius 2 is 1.25 bits per heavy atom. The molecule has 1 atom stereocenters. The summed E-state index contributed by atoms with van der Waals surface area (Å²) >= 11 is 0. The van der Waals surface area contributed by atoms with Gasteiger partial charge in [-0.05, 0) is 12.3 Å². The van der Waals surface area contributed by atoms with Gasteiger partial charge >= 0.3 is 5.97 Å². The fourth-order valence-corrected chi connectivity index (χ4v) is 2.72. The third-order valence-electron chi connectivity index (χ3n) is 4.14. The van der Waals surface area contributed by atoms with Crippen LogP contribution >= 0.6 is 0 Å². The summed E-state index contributed by atoms with van der Waals surface area (Å²) in [5.41, 5.74) is 0. The fraction of sp³-hybridized carbons (Fsp3) is 0.944. The fourth-order valence-electron chi connectivity index (χ4n) is 2.72. The Morgan fingerprint density at radius 1 is 0.800 bits per heavy atom. The summed E-state index contributed by atoms with van der Waals surface area (Å²) < 4.78 is 0. The molecule has 20 heavy (non-hydrogen) atoms. The lowest BCUT2D eigenvalue weighted by Crippen LogP contribution is -1.95. The van der Waals surface area contributed by atoms with Gasteiger partial charge in [0, 0.05) is 6.42 Å². The van der Waals surface area contributed by atoms with Crippen molar-refractivity contribution in [2.45, 2.75) is 104 Å². The van der Waals surface area contributed by atoms with Gasteiger partial charge < -0.3 is 5.11 Å². The molecule has 2 heteroatoms. The van der Waals surface area contributed by atoms with Crippen LogP contribution < -0.4 is 0 Å². The van der Waals surface area contributed by atoms with Crippen LogP contribution in [0.2, 0.25) is 0 Å². The minimum Gasteiger partial charge on any atom is -0.481 e. The van der Waals surface area contributed by atoms with Gasteiger partial charge in [-0.15, -0.1) is 0 Å². The molecule has 1 unspecified atom stereocenters. The highest BCUT2D eigenvalue weighted by Gasteiger charge is 2.01. The van der Waals surface area contributed by atoms with Crippen LogP contribution in [0, 0.1) is 5.92 Å². The first kappa shape index (κ1) is 19.5. The first-order valence-electron chi connectivity index (χ1n) is 8.88. The molecule has 0 aliphatic heterocycles. The van der Waals surface area contributed by atoms with E-state index < -0.39 is 5.97 Å². The minimum atomic E-state index is -0.655. The maximum Gasteiger partial charge on any atom is 0.303 e. The predicted molar refractivity (Wildman–Crippen MR) is 87.1 cm³/mol. The Labute approximate surface area is 126 Å². The van der Waals surface area contributed by atoms with Gasteiger partial charge in [0.05, 0.1) is 0 Å². The number of carboxylic acid groups (broad SMARTS) is 1. The summed E-state index contributed by atoms with van der Waals surface area (Å²) in [4.78, 5) is 10.3. The SMILES string of the molecule is CCCCCC(C)CCCCCCCCCCC(=O)O. The molecular weight excluding hydrogens is 248 g/mol. The molecule has 0 spiro atoms. The van der Waals surface area contributed by atoms with E-state index in [9.17, 15) is 4.79 Å². The Morgan fingerprint density at radius 3 is 1.75 bits per heavy atom. The van der Waals surface area contributed by atoms with Crippen molar-refractivity contribution in [3.63, 3.8) is 0 Å². The molecule has 0 aromatic rings. The molecular formula is C18H36O2. The molecule has 1 N–H and O–H groups in total. The molecule has 0 saturated heterocycles. The minimum absolute atomic E-state index is 0.343. The standard InChI is InChI=1S/C18H36O2/c1-3-4-11-14-17(2)15-12-9-7-5-6-8-10-13-16-18(19)20/h17H,3-16H2,1-2H3,(H,19,20). The topological polar surface area (TPSA) is 37.3 Å². The highest BCUT2D eigenvalue weighted by molar-refractivity contribution is 5.66. The Hall–Kier alpha value is -0.530. The molecule has 120 valence electrons. The van der Waals surface area contributed by atoms with Crippen LogP contribution in [-0.2, 0) is 4.79 Å². The van der Waals surface area contributed by atoms with Crippen molar-refractivity contribution in [3.05, 3.63) is 0 Å². The zero-order valence-corrected chi connectivity index (χ0v) is 13.8. The Balaban J connectivity index is 3.10. The molecule has 0 aliphatic rings. The van der Waals surface area contributed by atoms with Crippen molar-refractivity contribution in [1.82, 2.24) is 0 Å². The Bertz CT molecular complexity index is 213. The second kappa shape index (κ2) is 14.9.